The minimum absolute atomic E-state index is 0.191. The maximum absolute atomic E-state index is 13.0. The van der Waals surface area contributed by atoms with E-state index in [2.05, 4.69) is 5.32 Å². The molecule has 7 heteroatoms. The van der Waals surface area contributed by atoms with E-state index in [4.69, 9.17) is 13.9 Å². The molecule has 0 saturated carbocycles. The van der Waals surface area contributed by atoms with Crippen LogP contribution in [0.15, 0.2) is 57.7 Å². The molecule has 1 N–H and O–H groups in total. The number of aryl methyl sites for hydroxylation is 1. The topological polar surface area (TPSA) is 94.8 Å². The maximum Gasteiger partial charge on any atom is 0.408 e. The van der Waals surface area contributed by atoms with E-state index in [-0.39, 0.29) is 5.75 Å². The normalized spacial score (nSPS) is 12.3. The molecule has 3 rings (SSSR count). The third kappa shape index (κ3) is 5.31. The highest BCUT2D eigenvalue weighted by atomic mass is 16.6. The molecule has 162 valence electrons. The Labute approximate surface area is 180 Å². The number of hydrogen-bond donors (Lipinski definition) is 1. The number of benzene rings is 2. The maximum atomic E-state index is 13.0. The van der Waals surface area contributed by atoms with Crippen molar-refractivity contribution in [1.29, 1.82) is 0 Å². The van der Waals surface area contributed by atoms with Gasteiger partial charge >= 0.3 is 17.7 Å². The van der Waals surface area contributed by atoms with E-state index in [1.165, 1.54) is 6.07 Å². The Morgan fingerprint density at radius 3 is 2.32 bits per heavy atom. The molecule has 0 bridgehead atoms. The summed E-state index contributed by atoms with van der Waals surface area (Å²) in [6, 6.07) is 12.4. The van der Waals surface area contributed by atoms with Crippen molar-refractivity contribution in [3.63, 3.8) is 0 Å². The fourth-order valence-corrected chi connectivity index (χ4v) is 3.02. The van der Waals surface area contributed by atoms with Crippen LogP contribution in [0.4, 0.5) is 4.79 Å². The second-order valence-electron chi connectivity index (χ2n) is 8.21. The number of carbonyl (C=O) groups is 2. The van der Waals surface area contributed by atoms with Crippen LogP contribution in [0, 0.1) is 13.8 Å². The minimum atomic E-state index is -1.08. The highest BCUT2D eigenvalue weighted by molar-refractivity contribution is 5.86. The van der Waals surface area contributed by atoms with Gasteiger partial charge in [0.25, 0.3) is 0 Å². The molecule has 0 aliphatic heterocycles. The first-order valence-electron chi connectivity index (χ1n) is 9.85. The second kappa shape index (κ2) is 8.63. The van der Waals surface area contributed by atoms with Crippen molar-refractivity contribution >= 4 is 23.0 Å². The van der Waals surface area contributed by atoms with E-state index in [9.17, 15) is 14.4 Å². The number of fused-ring (bicyclic) bond motifs is 1. The van der Waals surface area contributed by atoms with Gasteiger partial charge in [-0.25, -0.2) is 14.4 Å². The number of esters is 1. The average molecular weight is 423 g/mol. The molecule has 31 heavy (non-hydrogen) atoms. The van der Waals surface area contributed by atoms with Crippen LogP contribution in [-0.4, -0.2) is 17.7 Å². The molecular weight excluding hydrogens is 398 g/mol. The molecule has 0 saturated heterocycles. The van der Waals surface area contributed by atoms with Gasteiger partial charge in [0.2, 0.25) is 0 Å². The predicted molar refractivity (Wildman–Crippen MR) is 116 cm³/mol. The highest BCUT2D eigenvalue weighted by Gasteiger charge is 2.27. The first-order chi connectivity index (χ1) is 14.5. The molecule has 0 unspecified atom stereocenters. The van der Waals surface area contributed by atoms with Crippen molar-refractivity contribution in [2.45, 2.75) is 46.3 Å². The SMILES string of the molecule is Cc1c(C)c2ccc(OC(=O)[C@H](NC(=O)OC(C)(C)C)c3ccccc3)cc2oc1=O. The Kier molecular flexibility index (Phi) is 6.15. The number of alkyl carbamates (subject to hydrolysis) is 1. The first-order valence-corrected chi connectivity index (χ1v) is 9.85. The fourth-order valence-electron chi connectivity index (χ4n) is 3.02. The number of hydrogen-bond acceptors (Lipinski definition) is 6. The van der Waals surface area contributed by atoms with Crippen LogP contribution in [0.25, 0.3) is 11.0 Å². The van der Waals surface area contributed by atoms with Crippen LogP contribution in [0.5, 0.6) is 5.75 Å². The number of nitrogens with one attached hydrogen (secondary N) is 1. The van der Waals surface area contributed by atoms with Crippen LogP contribution in [0.2, 0.25) is 0 Å². The van der Waals surface area contributed by atoms with E-state index in [1.807, 2.05) is 6.92 Å². The Hall–Kier alpha value is -3.61. The number of carbonyl (C=O) groups excluding carboxylic acids is 2. The van der Waals surface area contributed by atoms with Crippen molar-refractivity contribution in [3.8, 4) is 5.75 Å². The van der Waals surface area contributed by atoms with Crippen LogP contribution < -0.4 is 15.7 Å². The van der Waals surface area contributed by atoms with Gasteiger partial charge in [0.1, 0.15) is 16.9 Å². The summed E-state index contributed by atoms with van der Waals surface area (Å²) in [5.41, 5.74) is 1.02. The number of rotatable bonds is 4. The zero-order valence-corrected chi connectivity index (χ0v) is 18.1. The molecule has 0 aliphatic carbocycles. The van der Waals surface area contributed by atoms with Gasteiger partial charge in [-0.05, 0) is 57.9 Å². The van der Waals surface area contributed by atoms with E-state index in [0.29, 0.717) is 16.7 Å². The lowest BCUT2D eigenvalue weighted by atomic mass is 10.1. The molecular formula is C24H25NO6. The Morgan fingerprint density at radius 1 is 1.00 bits per heavy atom. The smallest absolute Gasteiger partial charge is 0.408 e. The third-order valence-electron chi connectivity index (χ3n) is 4.68. The van der Waals surface area contributed by atoms with E-state index in [0.717, 1.165) is 10.9 Å². The van der Waals surface area contributed by atoms with Crippen molar-refractivity contribution in [3.05, 3.63) is 75.6 Å². The van der Waals surface area contributed by atoms with Crippen LogP contribution >= 0.6 is 0 Å². The van der Waals surface area contributed by atoms with Gasteiger partial charge in [0.15, 0.2) is 6.04 Å². The summed E-state index contributed by atoms with van der Waals surface area (Å²) in [6.07, 6.45) is -0.742. The first kappa shape index (κ1) is 22.1. The molecule has 1 amide bonds. The molecule has 2 aromatic carbocycles. The predicted octanol–water partition coefficient (Wildman–Crippen LogP) is 4.58. The Balaban J connectivity index is 1.88. The Morgan fingerprint density at radius 2 is 1.68 bits per heavy atom. The molecule has 1 atom stereocenters. The van der Waals surface area contributed by atoms with E-state index in [1.54, 1.807) is 70.2 Å². The van der Waals surface area contributed by atoms with Crippen LogP contribution in [0.3, 0.4) is 0 Å². The van der Waals surface area contributed by atoms with Gasteiger partial charge in [-0.15, -0.1) is 0 Å². The average Bonchev–Trinajstić information content (AvgIpc) is 2.69. The van der Waals surface area contributed by atoms with Crippen molar-refractivity contribution in [2.75, 3.05) is 0 Å². The lowest BCUT2D eigenvalue weighted by Crippen LogP contribution is -2.39. The summed E-state index contributed by atoms with van der Waals surface area (Å²) in [4.78, 5) is 37.2. The molecule has 3 aromatic rings. The third-order valence-corrected chi connectivity index (χ3v) is 4.68. The molecule has 0 spiro atoms. The standard InChI is InChI=1S/C24H25NO6/c1-14-15(2)21(26)30-19-13-17(11-12-18(14)19)29-22(27)20(16-9-7-6-8-10-16)25-23(28)31-24(3,4)5/h6-13,20H,1-5H3,(H,25,28)/t20-/m1/s1. The lowest BCUT2D eigenvalue weighted by Gasteiger charge is -2.23. The lowest BCUT2D eigenvalue weighted by molar-refractivity contribution is -0.137. The summed E-state index contributed by atoms with van der Waals surface area (Å²) in [5, 5.41) is 3.32. The molecule has 7 nitrogen and oxygen atoms in total. The largest absolute Gasteiger partial charge is 0.444 e. The number of ether oxygens (including phenoxy) is 2. The van der Waals surface area contributed by atoms with Crippen molar-refractivity contribution in [1.82, 2.24) is 5.32 Å². The van der Waals surface area contributed by atoms with Gasteiger partial charge in [-0.2, -0.15) is 0 Å². The van der Waals surface area contributed by atoms with Crippen molar-refractivity contribution in [2.24, 2.45) is 0 Å². The summed E-state index contributed by atoms with van der Waals surface area (Å²) < 4.78 is 16.1. The molecule has 0 fully saturated rings. The summed E-state index contributed by atoms with van der Waals surface area (Å²) in [7, 11) is 0. The zero-order chi connectivity index (χ0) is 22.8. The van der Waals surface area contributed by atoms with Gasteiger partial charge in [0, 0.05) is 17.0 Å². The molecule has 1 aromatic heterocycles. The Bertz CT molecular complexity index is 1170. The highest BCUT2D eigenvalue weighted by Crippen LogP contribution is 2.25. The van der Waals surface area contributed by atoms with Gasteiger partial charge < -0.3 is 19.2 Å². The fraction of sp³-hybridized carbons (Fsp3) is 0.292. The number of amides is 1. The quantitative estimate of drug-likeness (QED) is 0.375. The van der Waals surface area contributed by atoms with Crippen molar-refractivity contribution < 1.29 is 23.5 Å². The summed E-state index contributed by atoms with van der Waals surface area (Å²) >= 11 is 0. The minimum Gasteiger partial charge on any atom is -0.444 e. The van der Waals surface area contributed by atoms with Crippen LogP contribution in [0.1, 0.15) is 43.5 Å². The zero-order valence-electron chi connectivity index (χ0n) is 18.1. The van der Waals surface area contributed by atoms with E-state index >= 15 is 0 Å². The molecule has 1 heterocycles. The summed E-state index contributed by atoms with van der Waals surface area (Å²) in [6.45, 7) is 8.72. The molecule has 0 radical (unpaired) electrons. The summed E-state index contributed by atoms with van der Waals surface area (Å²) in [5.74, 6) is -0.515. The van der Waals surface area contributed by atoms with Gasteiger partial charge in [-0.3, -0.25) is 0 Å². The van der Waals surface area contributed by atoms with Gasteiger partial charge in [-0.1, -0.05) is 30.3 Å². The second-order valence-corrected chi connectivity index (χ2v) is 8.21. The van der Waals surface area contributed by atoms with E-state index < -0.39 is 29.3 Å². The van der Waals surface area contributed by atoms with Gasteiger partial charge in [0.05, 0.1) is 0 Å². The molecule has 0 aliphatic rings. The monoisotopic (exact) mass is 423 g/mol. The van der Waals surface area contributed by atoms with Crippen LogP contribution in [-0.2, 0) is 9.53 Å².